The highest BCUT2D eigenvalue weighted by Gasteiger charge is 2.36. The number of benzene rings is 2. The molecule has 0 fully saturated rings. The summed E-state index contributed by atoms with van der Waals surface area (Å²) in [6.45, 7) is 1.92. The van der Waals surface area contributed by atoms with Crippen molar-refractivity contribution in [3.63, 3.8) is 0 Å². The zero-order valence-corrected chi connectivity index (χ0v) is 19.5. The second-order valence-corrected chi connectivity index (χ2v) is 9.58. The predicted molar refractivity (Wildman–Crippen MR) is 133 cm³/mol. The van der Waals surface area contributed by atoms with E-state index in [4.69, 9.17) is 4.42 Å². The molecule has 0 atom stereocenters. The number of furan rings is 1. The number of imide groups is 1. The Balaban J connectivity index is 1.15. The molecule has 4 aromatic rings. The van der Waals surface area contributed by atoms with Gasteiger partial charge in [-0.05, 0) is 78.0 Å². The topological polar surface area (TPSA) is 82.9 Å². The summed E-state index contributed by atoms with van der Waals surface area (Å²) in [6, 6.07) is 17.9. The molecular weight excluding hydrogens is 462 g/mol. The van der Waals surface area contributed by atoms with Gasteiger partial charge in [0.05, 0.1) is 23.9 Å². The van der Waals surface area contributed by atoms with Crippen LogP contribution in [0.25, 0.3) is 0 Å². The molecule has 2 aliphatic rings. The fraction of sp³-hybridized carbons (Fsp3) is 0.148. The average molecular weight is 484 g/mol. The lowest BCUT2D eigenvalue weighted by Gasteiger charge is -2.29. The maximum atomic E-state index is 12.9. The Hall–Kier alpha value is -4.17. The zero-order valence-electron chi connectivity index (χ0n) is 18.7. The van der Waals surface area contributed by atoms with Gasteiger partial charge in [0.2, 0.25) is 0 Å². The summed E-state index contributed by atoms with van der Waals surface area (Å²) >= 11 is 1.82. The Morgan fingerprint density at radius 1 is 1.00 bits per heavy atom. The van der Waals surface area contributed by atoms with E-state index in [-0.39, 0.29) is 23.6 Å². The Morgan fingerprint density at radius 3 is 2.63 bits per heavy atom. The van der Waals surface area contributed by atoms with E-state index in [9.17, 15) is 14.4 Å². The van der Waals surface area contributed by atoms with Gasteiger partial charge in [-0.25, -0.2) is 0 Å². The first kappa shape index (κ1) is 21.4. The number of amides is 3. The van der Waals surface area contributed by atoms with E-state index in [1.165, 1.54) is 28.8 Å². The van der Waals surface area contributed by atoms with Crippen LogP contribution in [0.3, 0.4) is 0 Å². The molecule has 0 bridgehead atoms. The fourth-order valence-corrected chi connectivity index (χ4v) is 5.45. The molecule has 1 N–H and O–H groups in total. The molecule has 174 valence electrons. The molecule has 3 amide bonds. The van der Waals surface area contributed by atoms with Gasteiger partial charge in [-0.3, -0.25) is 19.3 Å². The van der Waals surface area contributed by atoms with Crippen molar-refractivity contribution in [1.29, 1.82) is 0 Å². The number of nitrogens with one attached hydrogen (secondary N) is 1. The van der Waals surface area contributed by atoms with Gasteiger partial charge in [-0.2, -0.15) is 0 Å². The summed E-state index contributed by atoms with van der Waals surface area (Å²) in [5.41, 5.74) is 3.98. The summed E-state index contributed by atoms with van der Waals surface area (Å²) in [4.78, 5) is 43.3. The van der Waals surface area contributed by atoms with Gasteiger partial charge in [0, 0.05) is 34.9 Å². The highest BCUT2D eigenvalue weighted by atomic mass is 32.1. The van der Waals surface area contributed by atoms with Crippen LogP contribution in [0.4, 0.5) is 11.4 Å². The molecule has 6 rings (SSSR count). The summed E-state index contributed by atoms with van der Waals surface area (Å²) in [5, 5.41) is 5.03. The van der Waals surface area contributed by atoms with Crippen molar-refractivity contribution in [2.75, 3.05) is 16.8 Å². The number of carbonyl (C=O) groups excluding carboxylic acids is 3. The Kier molecular flexibility index (Phi) is 5.22. The van der Waals surface area contributed by atoms with Crippen LogP contribution in [0, 0.1) is 0 Å². The molecule has 0 radical (unpaired) electrons. The Morgan fingerprint density at radius 2 is 1.83 bits per heavy atom. The Bertz CT molecular complexity index is 1440. The summed E-state index contributed by atoms with van der Waals surface area (Å²) in [6.07, 6.45) is 2.54. The first-order valence-electron chi connectivity index (χ1n) is 11.3. The number of rotatable bonds is 5. The number of anilines is 2. The molecule has 7 nitrogen and oxygen atoms in total. The van der Waals surface area contributed by atoms with Gasteiger partial charge in [0.25, 0.3) is 17.7 Å². The van der Waals surface area contributed by atoms with E-state index < -0.39 is 11.8 Å². The molecule has 0 saturated carbocycles. The van der Waals surface area contributed by atoms with Gasteiger partial charge >= 0.3 is 0 Å². The lowest BCUT2D eigenvalue weighted by Crippen LogP contribution is -2.29. The van der Waals surface area contributed by atoms with Crippen molar-refractivity contribution in [2.45, 2.75) is 19.5 Å². The standard InChI is InChI=1S/C27H21N3O4S/c31-25(28-19-4-6-20(7-5-19)29-11-9-24-18(15-29)10-13-35-24)17-3-8-22-23(14-17)27(33)30(26(22)32)16-21-2-1-12-34-21/h1-8,10,12-14H,9,11,15-16H2,(H,28,31). The van der Waals surface area contributed by atoms with E-state index >= 15 is 0 Å². The number of fused-ring (bicyclic) bond motifs is 2. The third-order valence-electron chi connectivity index (χ3n) is 6.42. The van der Waals surface area contributed by atoms with Gasteiger partial charge in [0.1, 0.15) is 5.76 Å². The number of nitrogens with zero attached hydrogens (tertiary/aromatic N) is 2. The first-order valence-corrected chi connectivity index (χ1v) is 12.2. The van der Waals surface area contributed by atoms with Crippen molar-refractivity contribution in [1.82, 2.24) is 4.90 Å². The molecule has 2 aromatic heterocycles. The van der Waals surface area contributed by atoms with Crippen LogP contribution in [0.2, 0.25) is 0 Å². The van der Waals surface area contributed by atoms with Gasteiger partial charge in [-0.1, -0.05) is 0 Å². The van der Waals surface area contributed by atoms with Crippen molar-refractivity contribution >= 4 is 40.4 Å². The minimum atomic E-state index is -0.435. The van der Waals surface area contributed by atoms with E-state index in [0.29, 0.717) is 17.0 Å². The molecular formula is C27H21N3O4S. The number of hydrogen-bond donors (Lipinski definition) is 1. The third-order valence-corrected chi connectivity index (χ3v) is 7.45. The van der Waals surface area contributed by atoms with Crippen LogP contribution >= 0.6 is 11.3 Å². The number of hydrogen-bond acceptors (Lipinski definition) is 6. The first-order chi connectivity index (χ1) is 17.1. The van der Waals surface area contributed by atoms with E-state index in [1.807, 2.05) is 35.6 Å². The lowest BCUT2D eigenvalue weighted by molar-refractivity contribution is 0.0631. The van der Waals surface area contributed by atoms with Gasteiger partial charge < -0.3 is 14.6 Å². The van der Waals surface area contributed by atoms with Crippen molar-refractivity contribution in [3.05, 3.63) is 105 Å². The van der Waals surface area contributed by atoms with Crippen molar-refractivity contribution in [2.24, 2.45) is 0 Å². The molecule has 0 unspecified atom stereocenters. The highest BCUT2D eigenvalue weighted by Crippen LogP contribution is 2.29. The second kappa shape index (κ2) is 8.56. The molecule has 0 saturated heterocycles. The fourth-order valence-electron chi connectivity index (χ4n) is 4.56. The predicted octanol–water partition coefficient (Wildman–Crippen LogP) is 4.95. The zero-order chi connectivity index (χ0) is 23.9. The number of thiophene rings is 1. The van der Waals surface area contributed by atoms with Crippen LogP contribution in [-0.2, 0) is 19.5 Å². The largest absolute Gasteiger partial charge is 0.467 e. The summed E-state index contributed by atoms with van der Waals surface area (Å²) < 4.78 is 5.27. The Labute approximate surface area is 205 Å². The maximum Gasteiger partial charge on any atom is 0.261 e. The molecule has 35 heavy (non-hydrogen) atoms. The van der Waals surface area contributed by atoms with Crippen LogP contribution in [0.5, 0.6) is 0 Å². The third kappa shape index (κ3) is 3.91. The normalized spacial score (nSPS) is 14.7. The van der Waals surface area contributed by atoms with Gasteiger partial charge in [0.15, 0.2) is 0 Å². The van der Waals surface area contributed by atoms with Crippen molar-refractivity contribution < 1.29 is 18.8 Å². The van der Waals surface area contributed by atoms with Crippen LogP contribution in [-0.4, -0.2) is 29.2 Å². The second-order valence-electron chi connectivity index (χ2n) is 8.58. The SMILES string of the molecule is O=C(Nc1ccc(N2CCc3sccc3C2)cc1)c1ccc2c(c1)C(=O)N(Cc1ccco1)C2=O. The van der Waals surface area contributed by atoms with Gasteiger partial charge in [-0.15, -0.1) is 11.3 Å². The maximum absolute atomic E-state index is 12.9. The molecule has 2 aliphatic heterocycles. The van der Waals surface area contributed by atoms with E-state index in [1.54, 1.807) is 18.2 Å². The lowest BCUT2D eigenvalue weighted by atomic mass is 10.1. The van der Waals surface area contributed by atoms with E-state index in [0.717, 1.165) is 30.1 Å². The molecule has 4 heterocycles. The molecule has 8 heteroatoms. The molecule has 0 spiro atoms. The minimum absolute atomic E-state index is 0.0535. The minimum Gasteiger partial charge on any atom is -0.467 e. The summed E-state index contributed by atoms with van der Waals surface area (Å²) in [7, 11) is 0. The monoisotopic (exact) mass is 483 g/mol. The van der Waals surface area contributed by atoms with E-state index in [2.05, 4.69) is 21.7 Å². The smallest absolute Gasteiger partial charge is 0.261 e. The summed E-state index contributed by atoms with van der Waals surface area (Å²) in [5.74, 6) is -0.653. The van der Waals surface area contributed by atoms with Crippen LogP contribution in [0.1, 0.15) is 47.3 Å². The van der Waals surface area contributed by atoms with Crippen LogP contribution in [0.15, 0.2) is 76.7 Å². The van der Waals surface area contributed by atoms with Crippen molar-refractivity contribution in [3.8, 4) is 0 Å². The van der Waals surface area contributed by atoms with Crippen LogP contribution < -0.4 is 10.2 Å². The quantitative estimate of drug-likeness (QED) is 0.406. The number of carbonyl (C=O) groups is 3. The average Bonchev–Trinajstić information content (AvgIpc) is 3.62. The molecule has 2 aromatic carbocycles. The highest BCUT2D eigenvalue weighted by molar-refractivity contribution is 7.10. The molecule has 0 aliphatic carbocycles.